The van der Waals surface area contributed by atoms with Gasteiger partial charge in [-0.1, -0.05) is 35.7 Å². The molecular formula is C16H19Cl2NOS. The Morgan fingerprint density at radius 1 is 1.24 bits per heavy atom. The van der Waals surface area contributed by atoms with Crippen molar-refractivity contribution < 1.29 is 4.79 Å². The van der Waals surface area contributed by atoms with E-state index in [0.717, 1.165) is 23.2 Å². The summed E-state index contributed by atoms with van der Waals surface area (Å²) in [7, 11) is 0. The third-order valence-electron chi connectivity index (χ3n) is 4.57. The minimum absolute atomic E-state index is 0.164. The van der Waals surface area contributed by atoms with E-state index in [0.29, 0.717) is 21.8 Å². The zero-order valence-corrected chi connectivity index (χ0v) is 14.1. The van der Waals surface area contributed by atoms with E-state index in [1.54, 1.807) is 17.8 Å². The molecule has 2 bridgehead atoms. The first-order valence-electron chi connectivity index (χ1n) is 7.43. The Bertz CT molecular complexity index is 537. The molecule has 1 aromatic carbocycles. The lowest BCUT2D eigenvalue weighted by molar-refractivity contribution is -0.119. The summed E-state index contributed by atoms with van der Waals surface area (Å²) in [4.78, 5) is 12.0. The van der Waals surface area contributed by atoms with Crippen molar-refractivity contribution in [1.82, 2.24) is 5.32 Å². The molecule has 0 aliphatic heterocycles. The van der Waals surface area contributed by atoms with Gasteiger partial charge in [0.15, 0.2) is 0 Å². The maximum absolute atomic E-state index is 12.0. The average molecular weight is 344 g/mol. The molecule has 1 amide bonds. The van der Waals surface area contributed by atoms with Gasteiger partial charge in [0.1, 0.15) is 0 Å². The van der Waals surface area contributed by atoms with Crippen LogP contribution in [0.3, 0.4) is 0 Å². The molecule has 1 aromatic rings. The summed E-state index contributed by atoms with van der Waals surface area (Å²) < 4.78 is 0. The smallest absolute Gasteiger partial charge is 0.230 e. The molecule has 0 saturated heterocycles. The number of rotatable bonds is 5. The van der Waals surface area contributed by atoms with Crippen molar-refractivity contribution in [2.24, 2.45) is 11.8 Å². The van der Waals surface area contributed by atoms with Gasteiger partial charge in [0, 0.05) is 11.8 Å². The number of thioether (sulfide) groups is 1. The van der Waals surface area contributed by atoms with Gasteiger partial charge >= 0.3 is 0 Å². The fourth-order valence-electron chi connectivity index (χ4n) is 3.56. The largest absolute Gasteiger partial charge is 0.352 e. The molecule has 2 aliphatic carbocycles. The molecule has 0 unspecified atom stereocenters. The van der Waals surface area contributed by atoms with Crippen molar-refractivity contribution in [2.45, 2.75) is 37.5 Å². The lowest BCUT2D eigenvalue weighted by Crippen LogP contribution is -2.39. The molecular weight excluding hydrogens is 325 g/mol. The molecule has 1 N–H and O–H groups in total. The Kier molecular flexibility index (Phi) is 5.03. The molecule has 0 heterocycles. The maximum atomic E-state index is 12.0. The first-order valence-corrected chi connectivity index (χ1v) is 9.34. The quantitative estimate of drug-likeness (QED) is 0.850. The number of halogens is 2. The normalized spacial score (nSPS) is 27.0. The Balaban J connectivity index is 1.40. The van der Waals surface area contributed by atoms with E-state index in [1.165, 1.54) is 25.7 Å². The molecule has 2 aliphatic rings. The molecule has 0 aromatic heterocycles. The van der Waals surface area contributed by atoms with Gasteiger partial charge in [-0.05, 0) is 48.8 Å². The van der Waals surface area contributed by atoms with Gasteiger partial charge in [0.2, 0.25) is 5.91 Å². The number of carbonyl (C=O) groups excluding carboxylic acids is 1. The van der Waals surface area contributed by atoms with Crippen molar-refractivity contribution in [3.63, 3.8) is 0 Å². The summed E-state index contributed by atoms with van der Waals surface area (Å²) >= 11 is 13.5. The maximum Gasteiger partial charge on any atom is 0.230 e. The summed E-state index contributed by atoms with van der Waals surface area (Å²) in [6, 6.07) is 6.05. The van der Waals surface area contributed by atoms with Crippen molar-refractivity contribution in [3.05, 3.63) is 33.8 Å². The van der Waals surface area contributed by atoms with Gasteiger partial charge in [-0.25, -0.2) is 0 Å². The molecule has 114 valence electrons. The second-order valence-electron chi connectivity index (χ2n) is 6.09. The van der Waals surface area contributed by atoms with E-state index in [-0.39, 0.29) is 5.91 Å². The summed E-state index contributed by atoms with van der Waals surface area (Å²) in [6.07, 6.45) is 5.17. The highest BCUT2D eigenvalue weighted by Crippen LogP contribution is 2.44. The van der Waals surface area contributed by atoms with E-state index >= 15 is 0 Å². The summed E-state index contributed by atoms with van der Waals surface area (Å²) in [6.45, 7) is 0. The molecule has 2 nitrogen and oxygen atoms in total. The SMILES string of the molecule is O=C(CSCc1ccc(Cl)c(Cl)c1)N[C@H]1C[C@@H]2CC[C@@H]1C2. The molecule has 2 fully saturated rings. The van der Waals surface area contributed by atoms with Crippen LogP contribution >= 0.6 is 35.0 Å². The highest BCUT2D eigenvalue weighted by molar-refractivity contribution is 7.99. The van der Waals surface area contributed by atoms with Crippen molar-refractivity contribution in [1.29, 1.82) is 0 Å². The second kappa shape index (κ2) is 6.80. The van der Waals surface area contributed by atoms with Gasteiger partial charge in [0.05, 0.1) is 15.8 Å². The number of hydrogen-bond acceptors (Lipinski definition) is 2. The molecule has 0 spiro atoms. The van der Waals surface area contributed by atoms with Crippen LogP contribution in [0.5, 0.6) is 0 Å². The topological polar surface area (TPSA) is 29.1 Å². The van der Waals surface area contributed by atoms with Crippen LogP contribution in [0.2, 0.25) is 10.0 Å². The van der Waals surface area contributed by atoms with Gasteiger partial charge in [-0.3, -0.25) is 4.79 Å². The number of benzene rings is 1. The van der Waals surface area contributed by atoms with Crippen molar-refractivity contribution in [3.8, 4) is 0 Å². The first-order chi connectivity index (χ1) is 10.1. The van der Waals surface area contributed by atoms with Crippen LogP contribution in [0.1, 0.15) is 31.2 Å². The molecule has 3 atom stereocenters. The summed E-state index contributed by atoms with van der Waals surface area (Å²) in [5.41, 5.74) is 1.10. The number of amides is 1. The van der Waals surface area contributed by atoms with Crippen LogP contribution in [0.4, 0.5) is 0 Å². The zero-order chi connectivity index (χ0) is 14.8. The predicted octanol–water partition coefficient (Wildman–Crippen LogP) is 4.53. The van der Waals surface area contributed by atoms with E-state index in [1.807, 2.05) is 12.1 Å². The summed E-state index contributed by atoms with van der Waals surface area (Å²) in [5.74, 6) is 3.05. The van der Waals surface area contributed by atoms with Crippen LogP contribution in [-0.4, -0.2) is 17.7 Å². The molecule has 21 heavy (non-hydrogen) atoms. The molecule has 5 heteroatoms. The fraction of sp³-hybridized carbons (Fsp3) is 0.562. The van der Waals surface area contributed by atoms with E-state index in [9.17, 15) is 4.79 Å². The third-order valence-corrected chi connectivity index (χ3v) is 6.31. The molecule has 3 rings (SSSR count). The molecule has 2 saturated carbocycles. The lowest BCUT2D eigenvalue weighted by Gasteiger charge is -2.22. The number of carbonyl (C=O) groups is 1. The van der Waals surface area contributed by atoms with Crippen LogP contribution in [-0.2, 0) is 10.5 Å². The number of hydrogen-bond donors (Lipinski definition) is 1. The van der Waals surface area contributed by atoms with E-state index in [4.69, 9.17) is 23.2 Å². The fourth-order valence-corrected chi connectivity index (χ4v) is 4.67. The highest BCUT2D eigenvalue weighted by atomic mass is 35.5. The van der Waals surface area contributed by atoms with Crippen molar-refractivity contribution in [2.75, 3.05) is 5.75 Å². The highest BCUT2D eigenvalue weighted by Gasteiger charge is 2.39. The van der Waals surface area contributed by atoms with E-state index < -0.39 is 0 Å². The van der Waals surface area contributed by atoms with Gasteiger partial charge in [0.25, 0.3) is 0 Å². The number of nitrogens with one attached hydrogen (secondary N) is 1. The molecule has 0 radical (unpaired) electrons. The summed E-state index contributed by atoms with van der Waals surface area (Å²) in [5, 5.41) is 4.35. The van der Waals surface area contributed by atoms with Crippen LogP contribution in [0.25, 0.3) is 0 Å². The Morgan fingerprint density at radius 2 is 2.10 bits per heavy atom. The number of fused-ring (bicyclic) bond motifs is 2. The second-order valence-corrected chi connectivity index (χ2v) is 7.89. The minimum atomic E-state index is 0.164. The van der Waals surface area contributed by atoms with Gasteiger partial charge < -0.3 is 5.32 Å². The van der Waals surface area contributed by atoms with Gasteiger partial charge in [-0.2, -0.15) is 0 Å². The van der Waals surface area contributed by atoms with E-state index in [2.05, 4.69) is 5.32 Å². The van der Waals surface area contributed by atoms with Crippen LogP contribution in [0.15, 0.2) is 18.2 Å². The Labute approximate surface area is 140 Å². The lowest BCUT2D eigenvalue weighted by atomic mass is 9.95. The predicted molar refractivity (Wildman–Crippen MR) is 90.0 cm³/mol. The minimum Gasteiger partial charge on any atom is -0.352 e. The van der Waals surface area contributed by atoms with Gasteiger partial charge in [-0.15, -0.1) is 11.8 Å². The van der Waals surface area contributed by atoms with Crippen LogP contribution < -0.4 is 5.32 Å². The monoisotopic (exact) mass is 343 g/mol. The Morgan fingerprint density at radius 3 is 2.76 bits per heavy atom. The first kappa shape index (κ1) is 15.5. The third kappa shape index (κ3) is 3.88. The average Bonchev–Trinajstić information content (AvgIpc) is 3.05. The zero-order valence-electron chi connectivity index (χ0n) is 11.8. The Hall–Kier alpha value is -0.380. The van der Waals surface area contributed by atoms with Crippen LogP contribution in [0, 0.1) is 11.8 Å². The van der Waals surface area contributed by atoms with Crippen molar-refractivity contribution >= 4 is 40.9 Å². The standard InChI is InChI=1S/C16H19Cl2NOS/c17-13-4-2-11(6-14(13)18)8-21-9-16(20)19-15-7-10-1-3-12(15)5-10/h2,4,6,10,12,15H,1,3,5,7-9H2,(H,19,20)/t10-,12-,15+/m1/s1.